The van der Waals surface area contributed by atoms with Gasteiger partial charge in [-0.2, -0.15) is 0 Å². The Morgan fingerprint density at radius 2 is 2.30 bits per heavy atom. The third-order valence-electron chi connectivity index (χ3n) is 4.08. The third kappa shape index (κ3) is 4.58. The van der Waals surface area contributed by atoms with Gasteiger partial charge in [-0.25, -0.2) is 4.98 Å². The first-order valence-corrected chi connectivity index (χ1v) is 9.42. The van der Waals surface area contributed by atoms with Crippen molar-refractivity contribution in [2.45, 2.75) is 11.4 Å². The van der Waals surface area contributed by atoms with Crippen molar-refractivity contribution >= 4 is 35.1 Å². The normalized spacial score (nSPS) is 13.4. The van der Waals surface area contributed by atoms with Crippen LogP contribution in [0.15, 0.2) is 35.4 Å². The smallest absolute Gasteiger partial charge is 0.248 e. The van der Waals surface area contributed by atoms with E-state index in [1.165, 1.54) is 11.9 Å². The molecule has 0 fully saturated rings. The Morgan fingerprint density at radius 3 is 3.04 bits per heavy atom. The maximum absolute atomic E-state index is 11.9. The zero-order valence-corrected chi connectivity index (χ0v) is 16.6. The molecule has 9 heteroatoms. The molecule has 1 amide bonds. The van der Waals surface area contributed by atoms with Crippen molar-refractivity contribution in [2.24, 2.45) is 0 Å². The van der Waals surface area contributed by atoms with E-state index < -0.39 is 6.61 Å². The number of halogens is 1. The fourth-order valence-electron chi connectivity index (χ4n) is 2.67. The average molecular weight is 410 g/mol. The van der Waals surface area contributed by atoms with Crippen molar-refractivity contribution < 1.29 is 19.4 Å². The molecule has 0 radical (unpaired) electrons. The van der Waals surface area contributed by atoms with Crippen LogP contribution < -0.4 is 13.8 Å². The standard InChI is InChI=1S/C18H20ClN3O4S/c1-21(27-16-8-13(19)3-4-15(16)25-2)14-7-12-10-22(17(24)11-23)5-6-26-18(12)20-9-14/h3-4,7-9,23H,5-6,10-11H2,1-2H3. The Labute approximate surface area is 167 Å². The lowest BCUT2D eigenvalue weighted by Crippen LogP contribution is -2.34. The van der Waals surface area contributed by atoms with E-state index in [0.717, 1.165) is 21.9 Å². The number of nitrogens with zero attached hydrogens (tertiary/aromatic N) is 3. The molecular formula is C18H20ClN3O4S. The molecule has 1 aliphatic heterocycles. The third-order valence-corrected chi connectivity index (χ3v) is 5.32. The predicted octanol–water partition coefficient (Wildman–Crippen LogP) is 2.60. The average Bonchev–Trinajstić information content (AvgIpc) is 2.89. The van der Waals surface area contributed by atoms with Gasteiger partial charge in [0, 0.05) is 17.6 Å². The summed E-state index contributed by atoms with van der Waals surface area (Å²) in [6, 6.07) is 7.36. The quantitative estimate of drug-likeness (QED) is 0.760. The number of aromatic nitrogens is 1. The van der Waals surface area contributed by atoms with Crippen LogP contribution in [0.25, 0.3) is 0 Å². The summed E-state index contributed by atoms with van der Waals surface area (Å²) in [5.74, 6) is 0.899. The van der Waals surface area contributed by atoms with Crippen molar-refractivity contribution in [1.29, 1.82) is 0 Å². The molecule has 27 heavy (non-hydrogen) atoms. The summed E-state index contributed by atoms with van der Waals surface area (Å²) in [5, 5.41) is 9.75. The second-order valence-electron chi connectivity index (χ2n) is 5.86. The van der Waals surface area contributed by atoms with E-state index in [-0.39, 0.29) is 5.91 Å². The zero-order valence-electron chi connectivity index (χ0n) is 15.0. The van der Waals surface area contributed by atoms with Gasteiger partial charge in [-0.3, -0.25) is 4.79 Å². The maximum atomic E-state index is 11.9. The number of hydrogen-bond donors (Lipinski definition) is 1. The van der Waals surface area contributed by atoms with Gasteiger partial charge in [-0.15, -0.1) is 0 Å². The summed E-state index contributed by atoms with van der Waals surface area (Å²) in [4.78, 5) is 18.7. The largest absolute Gasteiger partial charge is 0.496 e. The highest BCUT2D eigenvalue weighted by molar-refractivity contribution is 8.00. The number of carbonyl (C=O) groups is 1. The minimum absolute atomic E-state index is 0.330. The number of fused-ring (bicyclic) bond motifs is 1. The Balaban J connectivity index is 1.83. The maximum Gasteiger partial charge on any atom is 0.248 e. The van der Waals surface area contributed by atoms with Crippen LogP contribution in [0.1, 0.15) is 5.56 Å². The Morgan fingerprint density at radius 1 is 1.48 bits per heavy atom. The van der Waals surface area contributed by atoms with Gasteiger partial charge >= 0.3 is 0 Å². The number of aliphatic hydroxyl groups is 1. The molecule has 144 valence electrons. The molecule has 0 saturated heterocycles. The number of rotatable bonds is 5. The summed E-state index contributed by atoms with van der Waals surface area (Å²) >= 11 is 7.55. The van der Waals surface area contributed by atoms with Gasteiger partial charge in [0.2, 0.25) is 11.8 Å². The van der Waals surface area contributed by atoms with Crippen LogP contribution in [0, 0.1) is 0 Å². The number of anilines is 1. The number of aliphatic hydroxyl groups excluding tert-OH is 1. The van der Waals surface area contributed by atoms with Crippen molar-refractivity contribution in [3.05, 3.63) is 41.0 Å². The SMILES string of the molecule is COc1ccc(Cl)cc1SN(C)c1cnc2c(c1)CN(C(=O)CO)CCO2. The molecule has 1 aromatic heterocycles. The van der Waals surface area contributed by atoms with E-state index in [2.05, 4.69) is 4.98 Å². The van der Waals surface area contributed by atoms with Crippen molar-refractivity contribution in [1.82, 2.24) is 9.88 Å². The minimum Gasteiger partial charge on any atom is -0.496 e. The summed E-state index contributed by atoms with van der Waals surface area (Å²) in [6.45, 7) is 0.576. The lowest BCUT2D eigenvalue weighted by molar-refractivity contribution is -0.134. The Hall–Kier alpha value is -2.16. The number of amides is 1. The Bertz CT molecular complexity index is 836. The van der Waals surface area contributed by atoms with Crippen molar-refractivity contribution in [2.75, 3.05) is 38.2 Å². The fraction of sp³-hybridized carbons (Fsp3) is 0.333. The highest BCUT2D eigenvalue weighted by atomic mass is 35.5. The summed E-state index contributed by atoms with van der Waals surface area (Å²) < 4.78 is 13.0. The number of methoxy groups -OCH3 is 1. The van der Waals surface area contributed by atoms with E-state index in [1.807, 2.05) is 29.6 Å². The monoisotopic (exact) mass is 409 g/mol. The highest BCUT2D eigenvalue weighted by Gasteiger charge is 2.21. The molecule has 0 atom stereocenters. The lowest BCUT2D eigenvalue weighted by atomic mass is 10.2. The first-order valence-electron chi connectivity index (χ1n) is 8.27. The number of ether oxygens (including phenoxy) is 2. The Kier molecular flexibility index (Phi) is 6.30. The summed E-state index contributed by atoms with van der Waals surface area (Å²) in [6.07, 6.45) is 1.71. The molecule has 0 saturated carbocycles. The predicted molar refractivity (Wildman–Crippen MR) is 104 cm³/mol. The number of pyridine rings is 1. The van der Waals surface area contributed by atoms with Crippen molar-refractivity contribution in [3.63, 3.8) is 0 Å². The molecule has 2 heterocycles. The second kappa shape index (κ2) is 8.69. The van der Waals surface area contributed by atoms with Crippen LogP contribution in [0.4, 0.5) is 5.69 Å². The summed E-state index contributed by atoms with van der Waals surface area (Å²) in [7, 11) is 3.52. The van der Waals surface area contributed by atoms with Crippen molar-refractivity contribution in [3.8, 4) is 11.6 Å². The number of carbonyl (C=O) groups excluding carboxylic acids is 1. The molecule has 1 N–H and O–H groups in total. The molecule has 1 aliphatic rings. The van der Waals surface area contributed by atoms with Crippen LogP contribution in [-0.2, 0) is 11.3 Å². The molecule has 0 bridgehead atoms. The molecule has 2 aromatic rings. The van der Waals surface area contributed by atoms with E-state index in [1.54, 1.807) is 24.3 Å². The van der Waals surface area contributed by atoms with Gasteiger partial charge in [0.15, 0.2) is 0 Å². The molecule has 3 rings (SSSR count). The van der Waals surface area contributed by atoms with E-state index >= 15 is 0 Å². The zero-order chi connectivity index (χ0) is 19.4. The van der Waals surface area contributed by atoms with E-state index in [9.17, 15) is 4.79 Å². The first kappa shape index (κ1) is 19.6. The molecule has 0 spiro atoms. The molecule has 0 aliphatic carbocycles. The van der Waals surface area contributed by atoms with Crippen LogP contribution >= 0.6 is 23.5 Å². The van der Waals surface area contributed by atoms with Crippen LogP contribution in [0.2, 0.25) is 5.02 Å². The van der Waals surface area contributed by atoms with Gasteiger partial charge in [-0.1, -0.05) is 11.6 Å². The van der Waals surface area contributed by atoms with Gasteiger partial charge < -0.3 is 23.8 Å². The van der Waals surface area contributed by atoms with Crippen LogP contribution in [-0.4, -0.2) is 54.8 Å². The fourth-order valence-corrected chi connectivity index (χ4v) is 3.83. The van der Waals surface area contributed by atoms with Gasteiger partial charge in [-0.05, 0) is 36.2 Å². The minimum atomic E-state index is -0.521. The van der Waals surface area contributed by atoms with Gasteiger partial charge in [0.25, 0.3) is 0 Å². The molecular weight excluding hydrogens is 390 g/mol. The van der Waals surface area contributed by atoms with Crippen LogP contribution in [0.3, 0.4) is 0 Å². The second-order valence-corrected chi connectivity index (χ2v) is 7.47. The first-order chi connectivity index (χ1) is 13.0. The lowest BCUT2D eigenvalue weighted by Gasteiger charge is -2.21. The summed E-state index contributed by atoms with van der Waals surface area (Å²) in [5.41, 5.74) is 1.62. The topological polar surface area (TPSA) is 75.1 Å². The molecule has 7 nitrogen and oxygen atoms in total. The number of hydrogen-bond acceptors (Lipinski definition) is 7. The number of benzene rings is 1. The highest BCUT2D eigenvalue weighted by Crippen LogP contribution is 2.36. The molecule has 0 unspecified atom stereocenters. The molecule has 1 aromatic carbocycles. The van der Waals surface area contributed by atoms with E-state index in [0.29, 0.717) is 30.6 Å². The van der Waals surface area contributed by atoms with Gasteiger partial charge in [0.1, 0.15) is 19.0 Å². The van der Waals surface area contributed by atoms with E-state index in [4.69, 9.17) is 26.2 Å². The van der Waals surface area contributed by atoms with Crippen LogP contribution in [0.5, 0.6) is 11.6 Å². The van der Waals surface area contributed by atoms with Gasteiger partial charge in [0.05, 0.1) is 37.0 Å².